The van der Waals surface area contributed by atoms with E-state index >= 15 is 0 Å². The molecule has 3 aromatic rings. The maximum Gasteiger partial charge on any atom is 0.225 e. The third-order valence-electron chi connectivity index (χ3n) is 5.16. The topological polar surface area (TPSA) is 81.7 Å². The second-order valence-electron chi connectivity index (χ2n) is 7.08. The van der Waals surface area contributed by atoms with E-state index in [1.165, 1.54) is 11.3 Å². The lowest BCUT2D eigenvalue weighted by molar-refractivity contribution is -0.116. The van der Waals surface area contributed by atoms with Crippen LogP contribution in [0.25, 0.3) is 0 Å². The molecule has 8 heteroatoms. The van der Waals surface area contributed by atoms with Crippen molar-refractivity contribution >= 4 is 32.8 Å². The summed E-state index contributed by atoms with van der Waals surface area (Å²) in [6.45, 7) is 1.84. The lowest BCUT2D eigenvalue weighted by Crippen LogP contribution is -2.23. The minimum Gasteiger partial charge on any atom is -0.493 e. The SMILES string of the molecule is COc1ccc([C@@H]2CC(=O)Nc3c(S(=O)(=O)c4cccc(C)c4)csc32)cc1OC. The number of thiophene rings is 1. The van der Waals surface area contributed by atoms with Crippen LogP contribution >= 0.6 is 11.3 Å². The molecule has 2 heterocycles. The van der Waals surface area contributed by atoms with Crippen molar-refractivity contribution in [3.05, 3.63) is 63.8 Å². The standard InChI is InChI=1S/C22H21NO5S2/c1-13-5-4-6-15(9-13)30(25,26)19-12-29-22-16(11-20(24)23-21(19)22)14-7-8-17(27-2)18(10-14)28-3/h4-10,12,16H,11H2,1-3H3,(H,23,24)/t16-/m0/s1. The van der Waals surface area contributed by atoms with E-state index in [-0.39, 0.29) is 28.0 Å². The van der Waals surface area contributed by atoms with Gasteiger partial charge in [-0.05, 0) is 42.3 Å². The maximum atomic E-state index is 13.3. The molecule has 0 saturated carbocycles. The molecule has 6 nitrogen and oxygen atoms in total. The number of sulfone groups is 1. The number of rotatable bonds is 5. The molecule has 156 valence electrons. The van der Waals surface area contributed by atoms with Gasteiger partial charge in [-0.2, -0.15) is 0 Å². The summed E-state index contributed by atoms with van der Waals surface area (Å²) in [7, 11) is -0.646. The van der Waals surface area contributed by atoms with Crippen LogP contribution in [-0.2, 0) is 14.6 Å². The number of ether oxygens (including phenoxy) is 2. The molecule has 0 fully saturated rings. The summed E-state index contributed by atoms with van der Waals surface area (Å²) in [4.78, 5) is 13.7. The predicted octanol–water partition coefficient (Wildman–Crippen LogP) is 4.38. The number of benzene rings is 2. The fraction of sp³-hybridized carbons (Fsp3) is 0.227. The van der Waals surface area contributed by atoms with Crippen molar-refractivity contribution < 1.29 is 22.7 Å². The normalized spacial score (nSPS) is 16.0. The first-order chi connectivity index (χ1) is 14.3. The van der Waals surface area contributed by atoms with Gasteiger partial charge in [-0.3, -0.25) is 4.79 Å². The zero-order chi connectivity index (χ0) is 21.5. The van der Waals surface area contributed by atoms with Gasteiger partial charge in [-0.25, -0.2) is 8.42 Å². The number of hydrogen-bond donors (Lipinski definition) is 1. The Morgan fingerprint density at radius 2 is 1.83 bits per heavy atom. The zero-order valence-corrected chi connectivity index (χ0v) is 18.4. The van der Waals surface area contributed by atoms with Gasteiger partial charge in [0.05, 0.1) is 24.8 Å². The Morgan fingerprint density at radius 1 is 1.07 bits per heavy atom. The summed E-state index contributed by atoms with van der Waals surface area (Å²) >= 11 is 1.34. The maximum absolute atomic E-state index is 13.3. The molecule has 0 radical (unpaired) electrons. The molecular weight excluding hydrogens is 422 g/mol. The minimum absolute atomic E-state index is 0.131. The first kappa shape index (κ1) is 20.4. The molecule has 0 aliphatic carbocycles. The van der Waals surface area contributed by atoms with Crippen LogP contribution in [0.3, 0.4) is 0 Å². The van der Waals surface area contributed by atoms with Gasteiger partial charge in [0, 0.05) is 22.6 Å². The minimum atomic E-state index is -3.76. The van der Waals surface area contributed by atoms with Crippen LogP contribution in [0.1, 0.15) is 28.3 Å². The Kier molecular flexibility index (Phi) is 5.29. The Labute approximate surface area is 179 Å². The summed E-state index contributed by atoms with van der Waals surface area (Å²) < 4.78 is 37.2. The van der Waals surface area contributed by atoms with Gasteiger partial charge in [-0.15, -0.1) is 11.3 Å². The molecule has 1 aliphatic heterocycles. The van der Waals surface area contributed by atoms with Crippen molar-refractivity contribution in [1.29, 1.82) is 0 Å². The Balaban J connectivity index is 1.82. The van der Waals surface area contributed by atoms with Gasteiger partial charge in [0.25, 0.3) is 0 Å². The molecule has 1 N–H and O–H groups in total. The summed E-state index contributed by atoms with van der Waals surface area (Å²) in [6.07, 6.45) is 0.229. The highest BCUT2D eigenvalue weighted by Crippen LogP contribution is 2.47. The van der Waals surface area contributed by atoms with Gasteiger partial charge >= 0.3 is 0 Å². The summed E-state index contributed by atoms with van der Waals surface area (Å²) in [5.41, 5.74) is 2.09. The van der Waals surface area contributed by atoms with E-state index < -0.39 is 9.84 Å². The predicted molar refractivity (Wildman–Crippen MR) is 116 cm³/mol. The van der Waals surface area contributed by atoms with Crippen LogP contribution < -0.4 is 14.8 Å². The van der Waals surface area contributed by atoms with Gasteiger partial charge in [0.1, 0.15) is 4.90 Å². The number of anilines is 1. The van der Waals surface area contributed by atoms with Crippen LogP contribution in [0.15, 0.2) is 57.6 Å². The van der Waals surface area contributed by atoms with Crippen LogP contribution in [0.4, 0.5) is 5.69 Å². The number of carbonyl (C=O) groups excluding carboxylic acids is 1. The fourth-order valence-electron chi connectivity index (χ4n) is 3.65. The lowest BCUT2D eigenvalue weighted by Gasteiger charge is -2.24. The molecule has 0 saturated heterocycles. The monoisotopic (exact) mass is 443 g/mol. The molecule has 0 unspecified atom stereocenters. The van der Waals surface area contributed by atoms with E-state index in [0.717, 1.165) is 16.0 Å². The molecule has 1 aliphatic rings. The molecule has 0 spiro atoms. The zero-order valence-electron chi connectivity index (χ0n) is 16.8. The van der Waals surface area contributed by atoms with Crippen molar-refractivity contribution in [3.63, 3.8) is 0 Å². The van der Waals surface area contributed by atoms with Crippen LogP contribution in [0, 0.1) is 6.92 Å². The molecule has 0 bridgehead atoms. The number of hydrogen-bond acceptors (Lipinski definition) is 6. The van der Waals surface area contributed by atoms with E-state index in [1.807, 2.05) is 25.1 Å². The number of methoxy groups -OCH3 is 2. The van der Waals surface area contributed by atoms with Crippen molar-refractivity contribution in [2.75, 3.05) is 19.5 Å². The first-order valence-corrected chi connectivity index (χ1v) is 11.7. The largest absolute Gasteiger partial charge is 0.493 e. The van der Waals surface area contributed by atoms with E-state index in [2.05, 4.69) is 5.32 Å². The molecule has 4 rings (SSSR count). The third-order valence-corrected chi connectivity index (χ3v) is 8.18. The molecule has 1 atom stereocenters. The van der Waals surface area contributed by atoms with Gasteiger partial charge in [0.15, 0.2) is 11.5 Å². The van der Waals surface area contributed by atoms with Crippen molar-refractivity contribution in [3.8, 4) is 11.5 Å². The molecular formula is C22H21NO5S2. The Morgan fingerprint density at radius 3 is 2.53 bits per heavy atom. The summed E-state index contributed by atoms with van der Waals surface area (Å²) in [5, 5.41) is 4.40. The second kappa shape index (κ2) is 7.77. The molecule has 1 amide bonds. The van der Waals surface area contributed by atoms with E-state index in [1.54, 1.807) is 43.9 Å². The van der Waals surface area contributed by atoms with Crippen molar-refractivity contribution in [2.45, 2.75) is 29.1 Å². The van der Waals surface area contributed by atoms with Crippen molar-refractivity contribution in [2.24, 2.45) is 0 Å². The number of amides is 1. The second-order valence-corrected chi connectivity index (χ2v) is 9.91. The van der Waals surface area contributed by atoms with Gasteiger partial charge in [-0.1, -0.05) is 18.2 Å². The fourth-order valence-corrected chi connectivity index (χ4v) is 6.66. The molecule has 2 aromatic carbocycles. The first-order valence-electron chi connectivity index (χ1n) is 9.30. The smallest absolute Gasteiger partial charge is 0.225 e. The summed E-state index contributed by atoms with van der Waals surface area (Å²) in [6, 6.07) is 12.3. The Hall–Kier alpha value is -2.84. The van der Waals surface area contributed by atoms with Crippen LogP contribution in [0.2, 0.25) is 0 Å². The molecule has 30 heavy (non-hydrogen) atoms. The van der Waals surface area contributed by atoms with Gasteiger partial charge in [0.2, 0.25) is 15.7 Å². The van der Waals surface area contributed by atoms with E-state index in [0.29, 0.717) is 17.2 Å². The number of aryl methyl sites for hydroxylation is 1. The Bertz CT molecular complexity index is 1230. The van der Waals surface area contributed by atoms with E-state index in [9.17, 15) is 13.2 Å². The average molecular weight is 444 g/mol. The molecule has 1 aromatic heterocycles. The lowest BCUT2D eigenvalue weighted by atomic mass is 9.90. The highest BCUT2D eigenvalue weighted by atomic mass is 32.2. The average Bonchev–Trinajstić information content (AvgIpc) is 3.17. The quantitative estimate of drug-likeness (QED) is 0.633. The highest BCUT2D eigenvalue weighted by Gasteiger charge is 2.34. The van der Waals surface area contributed by atoms with Crippen LogP contribution in [0.5, 0.6) is 11.5 Å². The summed E-state index contributed by atoms with van der Waals surface area (Å²) in [5.74, 6) is 0.670. The van der Waals surface area contributed by atoms with Gasteiger partial charge < -0.3 is 14.8 Å². The van der Waals surface area contributed by atoms with E-state index in [4.69, 9.17) is 9.47 Å². The third kappa shape index (κ3) is 3.46. The number of nitrogens with one attached hydrogen (secondary N) is 1. The number of fused-ring (bicyclic) bond motifs is 1. The number of carbonyl (C=O) groups is 1. The van der Waals surface area contributed by atoms with Crippen molar-refractivity contribution in [1.82, 2.24) is 0 Å². The highest BCUT2D eigenvalue weighted by molar-refractivity contribution is 7.91. The van der Waals surface area contributed by atoms with Crippen LogP contribution in [-0.4, -0.2) is 28.5 Å².